The molecule has 1 aliphatic heterocycles. The van der Waals surface area contributed by atoms with Gasteiger partial charge < -0.3 is 10.5 Å². The lowest BCUT2D eigenvalue weighted by Gasteiger charge is -2.59. The van der Waals surface area contributed by atoms with Gasteiger partial charge in [0.25, 0.3) is 0 Å². The lowest BCUT2D eigenvalue weighted by Crippen LogP contribution is -2.50. The fourth-order valence-electron chi connectivity index (χ4n) is 6.56. The van der Waals surface area contributed by atoms with Gasteiger partial charge in [0.05, 0.1) is 0 Å². The van der Waals surface area contributed by atoms with Crippen molar-refractivity contribution in [1.82, 2.24) is 0 Å². The Morgan fingerprint density at radius 3 is 1.89 bits per heavy atom. The predicted octanol–water partition coefficient (Wildman–Crippen LogP) is 3.35. The van der Waals surface area contributed by atoms with Crippen molar-refractivity contribution in [3.05, 3.63) is 0 Å². The van der Waals surface area contributed by atoms with E-state index >= 15 is 0 Å². The van der Waals surface area contributed by atoms with Crippen LogP contribution in [0.1, 0.15) is 57.8 Å². The van der Waals surface area contributed by atoms with E-state index in [9.17, 15) is 0 Å². The highest BCUT2D eigenvalue weighted by atomic mass is 16.5. The van der Waals surface area contributed by atoms with Gasteiger partial charge in [-0.3, -0.25) is 0 Å². The van der Waals surface area contributed by atoms with Crippen molar-refractivity contribution < 1.29 is 4.74 Å². The number of hydrogen-bond acceptors (Lipinski definition) is 2. The third-order valence-electron chi connectivity index (χ3n) is 6.90. The normalized spacial score (nSPS) is 47.5. The van der Waals surface area contributed by atoms with Crippen LogP contribution >= 0.6 is 0 Å². The summed E-state index contributed by atoms with van der Waals surface area (Å²) in [5, 5.41) is 0. The summed E-state index contributed by atoms with van der Waals surface area (Å²) in [4.78, 5) is 0. The molecule has 2 N–H and O–H groups in total. The summed E-state index contributed by atoms with van der Waals surface area (Å²) in [6.07, 6.45) is 13.1. The Labute approximate surface area is 117 Å². The van der Waals surface area contributed by atoms with Crippen LogP contribution in [0.2, 0.25) is 0 Å². The highest BCUT2D eigenvalue weighted by Gasteiger charge is 2.53. The molecule has 2 heteroatoms. The van der Waals surface area contributed by atoms with Crippen LogP contribution in [0.5, 0.6) is 0 Å². The molecule has 0 aromatic carbocycles. The van der Waals surface area contributed by atoms with Gasteiger partial charge in [0, 0.05) is 13.2 Å². The molecule has 0 amide bonds. The lowest BCUT2D eigenvalue weighted by molar-refractivity contribution is -0.0942. The number of hydrogen-bond donors (Lipinski definition) is 1. The third kappa shape index (κ3) is 2.15. The van der Waals surface area contributed by atoms with Gasteiger partial charge in [0.2, 0.25) is 0 Å². The average Bonchev–Trinajstić information content (AvgIpc) is 2.37. The highest BCUT2D eigenvalue weighted by molar-refractivity contribution is 5.04. The number of ether oxygens (including phenoxy) is 1. The minimum Gasteiger partial charge on any atom is -0.381 e. The lowest BCUT2D eigenvalue weighted by atomic mass is 9.46. The molecule has 4 saturated carbocycles. The van der Waals surface area contributed by atoms with Crippen molar-refractivity contribution in [2.75, 3.05) is 19.8 Å². The topological polar surface area (TPSA) is 35.2 Å². The first-order valence-electron chi connectivity index (χ1n) is 8.49. The van der Waals surface area contributed by atoms with E-state index in [0.29, 0.717) is 10.8 Å². The molecule has 0 atom stereocenters. The maximum absolute atomic E-state index is 6.21. The Bertz CT molecular complexity index is 310. The summed E-state index contributed by atoms with van der Waals surface area (Å²) in [5.74, 6) is 3.21. The molecule has 4 bridgehead atoms. The second-order valence-corrected chi connectivity index (χ2v) is 8.41. The smallest absolute Gasteiger partial charge is 0.0471 e. The zero-order valence-corrected chi connectivity index (χ0v) is 12.2. The van der Waals surface area contributed by atoms with Crippen molar-refractivity contribution in [2.24, 2.45) is 34.3 Å². The van der Waals surface area contributed by atoms with Crippen LogP contribution in [0, 0.1) is 28.6 Å². The monoisotopic (exact) mass is 263 g/mol. The zero-order valence-electron chi connectivity index (χ0n) is 12.2. The van der Waals surface area contributed by atoms with Crippen molar-refractivity contribution in [3.63, 3.8) is 0 Å². The van der Waals surface area contributed by atoms with Crippen LogP contribution in [0.4, 0.5) is 0 Å². The highest BCUT2D eigenvalue weighted by Crippen LogP contribution is 2.63. The molecule has 1 heterocycles. The standard InChI is InChI=1S/C17H29NO/c18-12-16(1-3-19-4-2-16)11-17-8-13-5-14(9-17)7-15(6-13)10-17/h13-15H,1-12,18H2. The van der Waals surface area contributed by atoms with Gasteiger partial charge in [-0.1, -0.05) is 0 Å². The van der Waals surface area contributed by atoms with Crippen LogP contribution in [-0.4, -0.2) is 19.8 Å². The molecule has 0 aromatic rings. The minimum atomic E-state index is 0.421. The second-order valence-electron chi connectivity index (χ2n) is 8.41. The van der Waals surface area contributed by atoms with E-state index in [1.807, 2.05) is 0 Å². The minimum absolute atomic E-state index is 0.421. The van der Waals surface area contributed by atoms with Crippen LogP contribution < -0.4 is 5.73 Å². The maximum Gasteiger partial charge on any atom is 0.0471 e. The SMILES string of the molecule is NCC1(CC23CC4CC(CC(C4)C2)C3)CCOCC1. The van der Waals surface area contributed by atoms with Crippen molar-refractivity contribution in [3.8, 4) is 0 Å². The van der Waals surface area contributed by atoms with Gasteiger partial charge in [-0.2, -0.15) is 0 Å². The number of rotatable bonds is 3. The van der Waals surface area contributed by atoms with E-state index < -0.39 is 0 Å². The summed E-state index contributed by atoms with van der Waals surface area (Å²) in [6.45, 7) is 2.78. The first-order chi connectivity index (χ1) is 9.21. The van der Waals surface area contributed by atoms with Gasteiger partial charge in [-0.15, -0.1) is 0 Å². The Kier molecular flexibility index (Phi) is 2.97. The van der Waals surface area contributed by atoms with E-state index in [-0.39, 0.29) is 0 Å². The molecule has 5 aliphatic rings. The Morgan fingerprint density at radius 1 is 0.895 bits per heavy atom. The van der Waals surface area contributed by atoms with E-state index in [1.165, 1.54) is 38.5 Å². The first kappa shape index (κ1) is 12.6. The fourth-order valence-corrected chi connectivity index (χ4v) is 6.56. The molecule has 108 valence electrons. The molecule has 0 radical (unpaired) electrons. The molecule has 2 nitrogen and oxygen atoms in total. The fraction of sp³-hybridized carbons (Fsp3) is 1.00. The summed E-state index contributed by atoms with van der Waals surface area (Å²) < 4.78 is 5.59. The Morgan fingerprint density at radius 2 is 1.42 bits per heavy atom. The molecular weight excluding hydrogens is 234 g/mol. The Balaban J connectivity index is 1.55. The third-order valence-corrected chi connectivity index (χ3v) is 6.90. The zero-order chi connectivity index (χ0) is 12.9. The molecule has 4 aliphatic carbocycles. The molecule has 19 heavy (non-hydrogen) atoms. The van der Waals surface area contributed by atoms with Gasteiger partial charge in [0.15, 0.2) is 0 Å². The quantitative estimate of drug-likeness (QED) is 0.847. The van der Waals surface area contributed by atoms with Crippen LogP contribution in [0.3, 0.4) is 0 Å². The van der Waals surface area contributed by atoms with Crippen molar-refractivity contribution >= 4 is 0 Å². The predicted molar refractivity (Wildman–Crippen MR) is 76.8 cm³/mol. The van der Waals surface area contributed by atoms with Crippen LogP contribution in [0.25, 0.3) is 0 Å². The van der Waals surface area contributed by atoms with Crippen LogP contribution in [-0.2, 0) is 4.74 Å². The van der Waals surface area contributed by atoms with E-state index in [4.69, 9.17) is 10.5 Å². The molecule has 0 aromatic heterocycles. The number of nitrogens with two attached hydrogens (primary N) is 1. The second kappa shape index (κ2) is 4.46. The van der Waals surface area contributed by atoms with Gasteiger partial charge in [0.1, 0.15) is 0 Å². The molecule has 0 spiro atoms. The maximum atomic E-state index is 6.21. The average molecular weight is 263 g/mol. The summed E-state index contributed by atoms with van der Waals surface area (Å²) in [5.41, 5.74) is 7.32. The first-order valence-corrected chi connectivity index (χ1v) is 8.49. The molecule has 0 unspecified atom stereocenters. The van der Waals surface area contributed by atoms with E-state index in [1.54, 1.807) is 19.3 Å². The molecule has 1 saturated heterocycles. The van der Waals surface area contributed by atoms with E-state index in [2.05, 4.69) is 0 Å². The summed E-state index contributed by atoms with van der Waals surface area (Å²) >= 11 is 0. The van der Waals surface area contributed by atoms with Crippen molar-refractivity contribution in [2.45, 2.75) is 57.8 Å². The van der Waals surface area contributed by atoms with Gasteiger partial charge in [-0.25, -0.2) is 0 Å². The van der Waals surface area contributed by atoms with E-state index in [0.717, 1.165) is 37.5 Å². The van der Waals surface area contributed by atoms with Gasteiger partial charge >= 0.3 is 0 Å². The van der Waals surface area contributed by atoms with Gasteiger partial charge in [-0.05, 0) is 92.9 Å². The summed E-state index contributed by atoms with van der Waals surface area (Å²) in [7, 11) is 0. The summed E-state index contributed by atoms with van der Waals surface area (Å²) in [6, 6.07) is 0. The molecular formula is C17H29NO. The van der Waals surface area contributed by atoms with Crippen LogP contribution in [0.15, 0.2) is 0 Å². The largest absolute Gasteiger partial charge is 0.381 e. The Hall–Kier alpha value is -0.0800. The van der Waals surface area contributed by atoms with Crippen molar-refractivity contribution in [1.29, 1.82) is 0 Å². The molecule has 5 fully saturated rings. The molecule has 5 rings (SSSR count).